The zero-order valence-corrected chi connectivity index (χ0v) is 26.0. The first-order valence-corrected chi connectivity index (χ1v) is 15.1. The second kappa shape index (κ2) is 14.7. The third-order valence-corrected chi connectivity index (χ3v) is 8.19. The van der Waals surface area contributed by atoms with Crippen LogP contribution in [0.25, 0.3) is 0 Å². The summed E-state index contributed by atoms with van der Waals surface area (Å²) in [6, 6.07) is 31.0. The van der Waals surface area contributed by atoms with Crippen LogP contribution >= 0.6 is 0 Å². The molecule has 5 rings (SSSR count). The topological polar surface area (TPSA) is 144 Å². The third kappa shape index (κ3) is 7.85. The highest BCUT2D eigenvalue weighted by atomic mass is 16.5. The Bertz CT molecular complexity index is 1720. The van der Waals surface area contributed by atoms with Gasteiger partial charge in [0.05, 0.1) is 29.9 Å². The van der Waals surface area contributed by atoms with Gasteiger partial charge >= 0.3 is 11.9 Å². The van der Waals surface area contributed by atoms with Crippen LogP contribution in [0.15, 0.2) is 114 Å². The van der Waals surface area contributed by atoms with Crippen LogP contribution in [0.1, 0.15) is 46.3 Å². The standard InChI is InChI=1S/C37H36N2O8/c1-37(44)21-29(38-39-34(41)28-15-9-10-16-30(28)40)32(35(42)46-22-24-11-5-3-6-12-24)31(26-17-19-27(45-2)20-18-26)33(37)36(43)47-23-25-13-7-4-8-14-25/h3-20,31-33,40,44H,21-23H2,1-2H3,(H,39,41)/b38-29+/t31-,32+,33+,37-/m0/s1. The fraction of sp³-hybridized carbons (Fsp3) is 0.243. The Morgan fingerprint density at radius 2 is 1.36 bits per heavy atom. The van der Waals surface area contributed by atoms with Gasteiger partial charge in [0, 0.05) is 12.3 Å². The molecule has 0 spiro atoms. The maximum absolute atomic E-state index is 14.1. The number of phenolic OH excluding ortho intramolecular Hbond substituents is 1. The molecule has 1 aliphatic carbocycles. The first-order chi connectivity index (χ1) is 22.7. The van der Waals surface area contributed by atoms with E-state index < -0.39 is 41.2 Å². The van der Waals surface area contributed by atoms with E-state index in [4.69, 9.17) is 14.2 Å². The third-order valence-electron chi connectivity index (χ3n) is 8.19. The average Bonchev–Trinajstić information content (AvgIpc) is 3.09. The fourth-order valence-electron chi connectivity index (χ4n) is 5.86. The van der Waals surface area contributed by atoms with E-state index in [1.807, 2.05) is 60.7 Å². The average molecular weight is 637 g/mol. The molecule has 4 atom stereocenters. The van der Waals surface area contributed by atoms with Crippen molar-refractivity contribution >= 4 is 23.6 Å². The van der Waals surface area contributed by atoms with Gasteiger partial charge in [-0.1, -0.05) is 84.9 Å². The number of nitrogens with zero attached hydrogens (tertiary/aromatic N) is 1. The van der Waals surface area contributed by atoms with Gasteiger partial charge in [-0.3, -0.25) is 14.4 Å². The van der Waals surface area contributed by atoms with Crippen LogP contribution < -0.4 is 10.2 Å². The van der Waals surface area contributed by atoms with E-state index in [-0.39, 0.29) is 36.7 Å². The number of para-hydroxylation sites is 1. The molecule has 0 bridgehead atoms. The van der Waals surface area contributed by atoms with Crippen molar-refractivity contribution in [3.63, 3.8) is 0 Å². The smallest absolute Gasteiger partial charge is 0.315 e. The minimum atomic E-state index is -1.77. The Balaban J connectivity index is 1.56. The van der Waals surface area contributed by atoms with Crippen molar-refractivity contribution in [2.24, 2.45) is 16.9 Å². The molecule has 0 heterocycles. The molecule has 10 heteroatoms. The second-order valence-electron chi connectivity index (χ2n) is 11.5. The van der Waals surface area contributed by atoms with Crippen molar-refractivity contribution < 1.29 is 38.8 Å². The van der Waals surface area contributed by atoms with Gasteiger partial charge in [-0.05, 0) is 47.9 Å². The number of methoxy groups -OCH3 is 1. The largest absolute Gasteiger partial charge is 0.507 e. The number of hydrogen-bond donors (Lipinski definition) is 3. The SMILES string of the molecule is COc1ccc([C@H]2[C@H](C(=O)OCc3ccccc3)/C(=N/NC(=O)c3ccccc3O)C[C@](C)(O)[C@H]2C(=O)OCc2ccccc2)cc1. The van der Waals surface area contributed by atoms with E-state index >= 15 is 0 Å². The predicted molar refractivity (Wildman–Crippen MR) is 173 cm³/mol. The number of aliphatic hydroxyl groups is 1. The molecule has 242 valence electrons. The van der Waals surface area contributed by atoms with Crippen LogP contribution in [0.4, 0.5) is 0 Å². The fourth-order valence-corrected chi connectivity index (χ4v) is 5.86. The van der Waals surface area contributed by atoms with E-state index in [0.29, 0.717) is 11.3 Å². The highest BCUT2D eigenvalue weighted by Gasteiger charge is 2.56. The first kappa shape index (κ1) is 32.9. The van der Waals surface area contributed by atoms with Crippen LogP contribution in [0.2, 0.25) is 0 Å². The Labute approximate surface area is 272 Å². The van der Waals surface area contributed by atoms with Crippen molar-refractivity contribution in [3.8, 4) is 11.5 Å². The summed E-state index contributed by atoms with van der Waals surface area (Å²) in [6.45, 7) is 1.38. The zero-order valence-electron chi connectivity index (χ0n) is 26.0. The summed E-state index contributed by atoms with van der Waals surface area (Å²) < 4.78 is 16.9. The Hall–Kier alpha value is -5.48. The normalized spacial score (nSPS) is 21.4. The molecule has 0 aromatic heterocycles. The van der Waals surface area contributed by atoms with Gasteiger partial charge in [0.25, 0.3) is 5.91 Å². The molecular formula is C37H36N2O8. The number of ether oxygens (including phenoxy) is 3. The highest BCUT2D eigenvalue weighted by Crippen LogP contribution is 2.47. The van der Waals surface area contributed by atoms with Gasteiger partial charge in [0.1, 0.15) is 30.6 Å². The number of benzene rings is 4. The summed E-state index contributed by atoms with van der Waals surface area (Å²) in [4.78, 5) is 41.1. The van der Waals surface area contributed by atoms with E-state index in [9.17, 15) is 24.6 Å². The monoisotopic (exact) mass is 636 g/mol. The molecule has 0 aliphatic heterocycles. The molecule has 0 saturated heterocycles. The van der Waals surface area contributed by atoms with E-state index in [2.05, 4.69) is 10.5 Å². The van der Waals surface area contributed by atoms with E-state index in [1.54, 1.807) is 36.4 Å². The molecule has 1 amide bonds. The summed E-state index contributed by atoms with van der Waals surface area (Å²) in [7, 11) is 1.52. The molecule has 1 fully saturated rings. The molecule has 1 saturated carbocycles. The quantitative estimate of drug-likeness (QED) is 0.160. The molecule has 47 heavy (non-hydrogen) atoms. The molecule has 10 nitrogen and oxygen atoms in total. The lowest BCUT2D eigenvalue weighted by atomic mass is 9.61. The van der Waals surface area contributed by atoms with Gasteiger partial charge in [-0.25, -0.2) is 5.43 Å². The number of amides is 1. The lowest BCUT2D eigenvalue weighted by Crippen LogP contribution is -2.55. The first-order valence-electron chi connectivity index (χ1n) is 15.1. The minimum Gasteiger partial charge on any atom is -0.507 e. The van der Waals surface area contributed by atoms with Crippen molar-refractivity contribution in [3.05, 3.63) is 131 Å². The van der Waals surface area contributed by atoms with Gasteiger partial charge in [0.15, 0.2) is 0 Å². The van der Waals surface area contributed by atoms with Gasteiger partial charge in [0.2, 0.25) is 0 Å². The summed E-state index contributed by atoms with van der Waals surface area (Å²) in [5.74, 6) is -5.31. The van der Waals surface area contributed by atoms with Crippen LogP contribution in [0, 0.1) is 11.8 Å². The highest BCUT2D eigenvalue weighted by molar-refractivity contribution is 6.06. The number of esters is 2. The van der Waals surface area contributed by atoms with Gasteiger partial charge < -0.3 is 24.4 Å². The van der Waals surface area contributed by atoms with Crippen molar-refractivity contribution in [1.82, 2.24) is 5.43 Å². The number of aromatic hydroxyl groups is 1. The van der Waals surface area contributed by atoms with Crippen LogP contribution in [-0.4, -0.2) is 46.5 Å². The number of rotatable bonds is 10. The number of carbonyl (C=O) groups is 3. The molecule has 1 aliphatic rings. The second-order valence-corrected chi connectivity index (χ2v) is 11.5. The summed E-state index contributed by atoms with van der Waals surface area (Å²) in [5.41, 5.74) is 2.73. The Kier molecular flexibility index (Phi) is 10.3. The van der Waals surface area contributed by atoms with Crippen LogP contribution in [0.5, 0.6) is 11.5 Å². The lowest BCUT2D eigenvalue weighted by Gasteiger charge is -2.45. The zero-order chi connectivity index (χ0) is 33.4. The minimum absolute atomic E-state index is 0.0308. The number of nitrogens with one attached hydrogen (secondary N) is 1. The van der Waals surface area contributed by atoms with E-state index in [1.165, 1.54) is 26.2 Å². The maximum Gasteiger partial charge on any atom is 0.315 e. The maximum atomic E-state index is 14.1. The van der Waals surface area contributed by atoms with Gasteiger partial charge in [-0.15, -0.1) is 0 Å². The Morgan fingerprint density at radius 1 is 0.809 bits per heavy atom. The lowest BCUT2D eigenvalue weighted by molar-refractivity contribution is -0.165. The van der Waals surface area contributed by atoms with Crippen LogP contribution in [0.3, 0.4) is 0 Å². The summed E-state index contributed by atoms with van der Waals surface area (Å²) in [5, 5.41) is 26.4. The molecular weight excluding hydrogens is 600 g/mol. The molecule has 0 unspecified atom stereocenters. The summed E-state index contributed by atoms with van der Waals surface area (Å²) in [6.07, 6.45) is -0.267. The number of hydrazone groups is 1. The number of phenols is 1. The van der Waals surface area contributed by atoms with Crippen LogP contribution in [-0.2, 0) is 32.3 Å². The van der Waals surface area contributed by atoms with Crippen molar-refractivity contribution in [2.45, 2.75) is 38.1 Å². The van der Waals surface area contributed by atoms with E-state index in [0.717, 1.165) is 11.1 Å². The van der Waals surface area contributed by atoms with Gasteiger partial charge in [-0.2, -0.15) is 5.10 Å². The molecule has 4 aromatic carbocycles. The molecule has 3 N–H and O–H groups in total. The Morgan fingerprint density at radius 3 is 1.94 bits per heavy atom. The molecule has 0 radical (unpaired) electrons. The van der Waals surface area contributed by atoms with Crippen molar-refractivity contribution in [2.75, 3.05) is 7.11 Å². The predicted octanol–water partition coefficient (Wildman–Crippen LogP) is 5.14. The van der Waals surface area contributed by atoms with Crippen molar-refractivity contribution in [1.29, 1.82) is 0 Å². The summed E-state index contributed by atoms with van der Waals surface area (Å²) >= 11 is 0. The number of hydrogen-bond acceptors (Lipinski definition) is 9. The number of carbonyl (C=O) groups excluding carboxylic acids is 3. The molecule has 4 aromatic rings.